The second-order valence-corrected chi connectivity index (χ2v) is 6.41. The Bertz CT molecular complexity index is 660. The largest absolute Gasteiger partial charge is 0.374 e. The van der Waals surface area contributed by atoms with E-state index in [0.29, 0.717) is 17.2 Å². The standard InChI is InChI=1S/C17H19N3O2S/c18-16(21)13-7-4-8-20-17(13)23-15(12-5-2-1-3-6-12)14-11-19-9-10-22-14/h1-8,14-15,19H,9-11H2,(H2,18,21)/t14-,15-/m0/s1. The monoisotopic (exact) mass is 329 g/mol. The van der Waals surface area contributed by atoms with E-state index in [2.05, 4.69) is 22.4 Å². The predicted molar refractivity (Wildman–Crippen MR) is 90.4 cm³/mol. The van der Waals surface area contributed by atoms with Crippen molar-refractivity contribution in [2.45, 2.75) is 16.4 Å². The lowest BCUT2D eigenvalue weighted by Crippen LogP contribution is -2.41. The average molecular weight is 329 g/mol. The molecule has 3 N–H and O–H groups in total. The molecule has 5 nitrogen and oxygen atoms in total. The van der Waals surface area contributed by atoms with E-state index in [-0.39, 0.29) is 11.4 Å². The number of pyridine rings is 1. The highest BCUT2D eigenvalue weighted by Crippen LogP contribution is 2.39. The summed E-state index contributed by atoms with van der Waals surface area (Å²) in [5, 5.41) is 4.04. The minimum Gasteiger partial charge on any atom is -0.374 e. The summed E-state index contributed by atoms with van der Waals surface area (Å²) in [6.45, 7) is 2.31. The van der Waals surface area contributed by atoms with Crippen molar-refractivity contribution in [1.82, 2.24) is 10.3 Å². The van der Waals surface area contributed by atoms with Crippen molar-refractivity contribution in [2.24, 2.45) is 5.73 Å². The molecule has 0 saturated carbocycles. The van der Waals surface area contributed by atoms with Crippen LogP contribution in [0.3, 0.4) is 0 Å². The topological polar surface area (TPSA) is 77.2 Å². The van der Waals surface area contributed by atoms with Gasteiger partial charge in [-0.2, -0.15) is 0 Å². The van der Waals surface area contributed by atoms with Gasteiger partial charge in [0.05, 0.1) is 23.5 Å². The number of benzene rings is 1. The number of aromatic nitrogens is 1. The van der Waals surface area contributed by atoms with Crippen molar-refractivity contribution >= 4 is 17.7 Å². The Morgan fingerprint density at radius 3 is 2.83 bits per heavy atom. The number of amides is 1. The fourth-order valence-electron chi connectivity index (χ4n) is 2.57. The first-order chi connectivity index (χ1) is 11.3. The molecule has 1 aliphatic rings. The Kier molecular flexibility index (Phi) is 5.27. The Hall–Kier alpha value is -1.89. The maximum atomic E-state index is 11.6. The summed E-state index contributed by atoms with van der Waals surface area (Å²) in [6, 6.07) is 13.6. The number of nitrogens with zero attached hydrogens (tertiary/aromatic N) is 1. The number of thioether (sulfide) groups is 1. The molecule has 1 saturated heterocycles. The number of morpholine rings is 1. The van der Waals surface area contributed by atoms with E-state index in [1.54, 1.807) is 18.3 Å². The van der Waals surface area contributed by atoms with Gasteiger partial charge in [-0.1, -0.05) is 42.1 Å². The summed E-state index contributed by atoms with van der Waals surface area (Å²) >= 11 is 1.53. The van der Waals surface area contributed by atoms with Gasteiger partial charge in [0, 0.05) is 19.3 Å². The number of primary amides is 1. The number of rotatable bonds is 5. The SMILES string of the molecule is NC(=O)c1cccnc1S[C@@H](c1ccccc1)[C@@H]1CNCCO1. The Balaban J connectivity index is 1.91. The van der Waals surface area contributed by atoms with Crippen molar-refractivity contribution in [2.75, 3.05) is 19.7 Å². The summed E-state index contributed by atoms with van der Waals surface area (Å²) in [7, 11) is 0. The molecule has 3 rings (SSSR count). The molecule has 1 amide bonds. The lowest BCUT2D eigenvalue weighted by atomic mass is 10.1. The number of nitrogens with two attached hydrogens (primary N) is 1. The van der Waals surface area contributed by atoms with Crippen LogP contribution in [-0.2, 0) is 4.74 Å². The molecule has 23 heavy (non-hydrogen) atoms. The van der Waals surface area contributed by atoms with E-state index >= 15 is 0 Å². The molecule has 0 bridgehead atoms. The van der Waals surface area contributed by atoms with Crippen LogP contribution in [0.15, 0.2) is 53.7 Å². The molecular weight excluding hydrogens is 310 g/mol. The molecule has 120 valence electrons. The van der Waals surface area contributed by atoms with Crippen LogP contribution in [0.4, 0.5) is 0 Å². The van der Waals surface area contributed by atoms with Gasteiger partial charge < -0.3 is 15.8 Å². The minimum absolute atomic E-state index is 0.0129. The predicted octanol–water partition coefficient (Wildman–Crippen LogP) is 2.00. The highest BCUT2D eigenvalue weighted by molar-refractivity contribution is 7.99. The van der Waals surface area contributed by atoms with Crippen molar-refractivity contribution in [1.29, 1.82) is 0 Å². The van der Waals surface area contributed by atoms with Crippen LogP contribution in [0.5, 0.6) is 0 Å². The highest BCUT2D eigenvalue weighted by Gasteiger charge is 2.28. The number of carbonyl (C=O) groups is 1. The Labute approximate surface area is 139 Å². The summed E-state index contributed by atoms with van der Waals surface area (Å²) in [5.41, 5.74) is 7.06. The third-order valence-electron chi connectivity index (χ3n) is 3.70. The first-order valence-electron chi connectivity index (χ1n) is 7.54. The van der Waals surface area contributed by atoms with Crippen molar-refractivity contribution < 1.29 is 9.53 Å². The van der Waals surface area contributed by atoms with Gasteiger partial charge in [-0.25, -0.2) is 4.98 Å². The third kappa shape index (κ3) is 3.90. The Morgan fingerprint density at radius 1 is 1.30 bits per heavy atom. The van der Waals surface area contributed by atoms with E-state index in [1.165, 1.54) is 11.8 Å². The quantitative estimate of drug-likeness (QED) is 0.821. The van der Waals surface area contributed by atoms with Gasteiger partial charge in [0.15, 0.2) is 0 Å². The zero-order valence-corrected chi connectivity index (χ0v) is 13.5. The van der Waals surface area contributed by atoms with Crippen LogP contribution in [0.1, 0.15) is 21.2 Å². The van der Waals surface area contributed by atoms with Gasteiger partial charge in [0.2, 0.25) is 0 Å². The summed E-state index contributed by atoms with van der Waals surface area (Å²) in [4.78, 5) is 16.0. The van der Waals surface area contributed by atoms with Gasteiger partial charge in [0.25, 0.3) is 5.91 Å². The van der Waals surface area contributed by atoms with Crippen LogP contribution in [0.2, 0.25) is 0 Å². The van der Waals surface area contributed by atoms with Gasteiger partial charge in [-0.15, -0.1) is 0 Å². The first-order valence-corrected chi connectivity index (χ1v) is 8.42. The van der Waals surface area contributed by atoms with E-state index in [4.69, 9.17) is 10.5 Å². The van der Waals surface area contributed by atoms with Crippen LogP contribution in [0.25, 0.3) is 0 Å². The molecule has 6 heteroatoms. The molecule has 0 unspecified atom stereocenters. The molecule has 2 heterocycles. The molecule has 0 spiro atoms. The van der Waals surface area contributed by atoms with Crippen molar-refractivity contribution in [3.05, 3.63) is 59.8 Å². The van der Waals surface area contributed by atoms with Gasteiger partial charge in [-0.3, -0.25) is 4.79 Å². The number of hydrogen-bond donors (Lipinski definition) is 2. The van der Waals surface area contributed by atoms with Crippen LogP contribution in [0, 0.1) is 0 Å². The number of carbonyl (C=O) groups excluding carboxylic acids is 1. The average Bonchev–Trinajstić information content (AvgIpc) is 2.61. The van der Waals surface area contributed by atoms with E-state index < -0.39 is 5.91 Å². The fraction of sp³-hybridized carbons (Fsp3) is 0.294. The molecule has 1 aromatic heterocycles. The molecular formula is C17H19N3O2S. The summed E-state index contributed by atoms with van der Waals surface area (Å²) < 4.78 is 5.94. The maximum absolute atomic E-state index is 11.6. The second kappa shape index (κ2) is 7.59. The normalized spacial score (nSPS) is 19.2. The third-order valence-corrected chi connectivity index (χ3v) is 5.08. The van der Waals surface area contributed by atoms with Crippen molar-refractivity contribution in [3.63, 3.8) is 0 Å². The zero-order valence-electron chi connectivity index (χ0n) is 12.6. The lowest BCUT2D eigenvalue weighted by Gasteiger charge is -2.31. The lowest BCUT2D eigenvalue weighted by molar-refractivity contribution is 0.0273. The van der Waals surface area contributed by atoms with Gasteiger partial charge in [0.1, 0.15) is 5.03 Å². The molecule has 0 radical (unpaired) electrons. The van der Waals surface area contributed by atoms with E-state index in [1.807, 2.05) is 18.2 Å². The molecule has 2 atom stereocenters. The minimum atomic E-state index is -0.463. The van der Waals surface area contributed by atoms with Gasteiger partial charge in [-0.05, 0) is 17.7 Å². The molecule has 1 aliphatic heterocycles. The summed E-state index contributed by atoms with van der Waals surface area (Å²) in [6.07, 6.45) is 1.69. The van der Waals surface area contributed by atoms with E-state index in [0.717, 1.165) is 18.7 Å². The Morgan fingerprint density at radius 2 is 2.13 bits per heavy atom. The van der Waals surface area contributed by atoms with Crippen molar-refractivity contribution in [3.8, 4) is 0 Å². The van der Waals surface area contributed by atoms with Crippen LogP contribution >= 0.6 is 11.8 Å². The molecule has 2 aromatic rings. The van der Waals surface area contributed by atoms with Gasteiger partial charge >= 0.3 is 0 Å². The summed E-state index contributed by atoms with van der Waals surface area (Å²) in [5.74, 6) is -0.463. The number of hydrogen-bond acceptors (Lipinski definition) is 5. The zero-order chi connectivity index (χ0) is 16.1. The molecule has 0 aliphatic carbocycles. The molecule has 1 fully saturated rings. The van der Waals surface area contributed by atoms with Crippen LogP contribution in [-0.4, -0.2) is 36.7 Å². The highest BCUT2D eigenvalue weighted by atomic mass is 32.2. The van der Waals surface area contributed by atoms with Crippen LogP contribution < -0.4 is 11.1 Å². The number of ether oxygens (including phenoxy) is 1. The van der Waals surface area contributed by atoms with E-state index in [9.17, 15) is 4.79 Å². The fourth-order valence-corrected chi connectivity index (χ4v) is 3.85. The molecule has 1 aromatic carbocycles. The second-order valence-electron chi connectivity index (χ2n) is 5.28. The maximum Gasteiger partial charge on any atom is 0.251 e. The number of nitrogens with one attached hydrogen (secondary N) is 1. The smallest absolute Gasteiger partial charge is 0.251 e. The first kappa shape index (κ1) is 16.0.